The van der Waals surface area contributed by atoms with Crippen LogP contribution in [-0.4, -0.2) is 44.2 Å². The second-order valence-corrected chi connectivity index (χ2v) is 8.28. The van der Waals surface area contributed by atoms with Crippen LogP contribution in [0.3, 0.4) is 0 Å². The lowest BCUT2D eigenvalue weighted by molar-refractivity contribution is 0.0691. The third-order valence-electron chi connectivity index (χ3n) is 5.91. The van der Waals surface area contributed by atoms with Crippen molar-refractivity contribution in [2.45, 2.75) is 31.8 Å². The fourth-order valence-electron chi connectivity index (χ4n) is 4.23. The van der Waals surface area contributed by atoms with Crippen LogP contribution in [0.15, 0.2) is 35.0 Å². The molecule has 0 bridgehead atoms. The summed E-state index contributed by atoms with van der Waals surface area (Å²) in [6.45, 7) is 2.75. The summed E-state index contributed by atoms with van der Waals surface area (Å²) < 4.78 is 10.7. The molecule has 144 valence electrons. The van der Waals surface area contributed by atoms with E-state index in [-0.39, 0.29) is 5.91 Å². The molecule has 2 aliphatic rings. The molecule has 1 saturated carbocycles. The van der Waals surface area contributed by atoms with E-state index in [2.05, 4.69) is 27.0 Å². The molecule has 4 rings (SSSR count). The maximum atomic E-state index is 13.5. The van der Waals surface area contributed by atoms with Gasteiger partial charge in [0.2, 0.25) is 0 Å². The summed E-state index contributed by atoms with van der Waals surface area (Å²) in [5.41, 5.74) is 2.11. The van der Waals surface area contributed by atoms with Gasteiger partial charge in [0.25, 0.3) is 5.91 Å². The van der Waals surface area contributed by atoms with Crippen molar-refractivity contribution in [2.75, 3.05) is 27.3 Å². The van der Waals surface area contributed by atoms with Crippen LogP contribution in [0, 0.1) is 5.41 Å². The van der Waals surface area contributed by atoms with Gasteiger partial charge in [-0.15, -0.1) is 0 Å². The Hall–Kier alpha value is -2.05. The zero-order valence-corrected chi connectivity index (χ0v) is 16.7. The predicted molar refractivity (Wildman–Crippen MR) is 107 cm³/mol. The lowest BCUT2D eigenvalue weighted by Crippen LogP contribution is -2.39. The molecule has 1 aromatic heterocycles. The van der Waals surface area contributed by atoms with Crippen molar-refractivity contribution >= 4 is 17.2 Å². The Bertz CT molecular complexity index is 778. The molecule has 1 amide bonds. The van der Waals surface area contributed by atoms with E-state index in [1.807, 2.05) is 12.1 Å². The van der Waals surface area contributed by atoms with E-state index in [1.165, 1.54) is 5.56 Å². The van der Waals surface area contributed by atoms with E-state index in [0.29, 0.717) is 35.1 Å². The van der Waals surface area contributed by atoms with Crippen molar-refractivity contribution in [1.29, 1.82) is 0 Å². The molecule has 0 radical (unpaired) electrons. The zero-order valence-electron chi connectivity index (χ0n) is 15.9. The lowest BCUT2D eigenvalue weighted by Gasteiger charge is -2.30. The Morgan fingerprint density at radius 2 is 1.93 bits per heavy atom. The number of nitrogens with zero attached hydrogens (tertiary/aromatic N) is 1. The van der Waals surface area contributed by atoms with Gasteiger partial charge in [0.1, 0.15) is 11.5 Å². The van der Waals surface area contributed by atoms with Crippen molar-refractivity contribution in [3.8, 4) is 11.5 Å². The van der Waals surface area contributed by atoms with Crippen LogP contribution in [0.1, 0.15) is 35.2 Å². The van der Waals surface area contributed by atoms with Crippen molar-refractivity contribution < 1.29 is 14.3 Å². The van der Waals surface area contributed by atoms with Crippen LogP contribution < -0.4 is 14.8 Å². The minimum Gasteiger partial charge on any atom is -0.497 e. The van der Waals surface area contributed by atoms with Crippen molar-refractivity contribution in [3.05, 3.63) is 46.2 Å². The summed E-state index contributed by atoms with van der Waals surface area (Å²) in [5.74, 6) is 1.33. The van der Waals surface area contributed by atoms with Crippen LogP contribution in [0.25, 0.3) is 0 Å². The standard InChI is InChI=1S/C21H26N2O3S/c1-25-17-9-16(10-18(11-17)26-2)20(24)23(13-15-3-8-27-14-15)19-12-21(19)4-6-22-7-5-21/h3,8-11,14,19,22H,4-7,12-13H2,1-2H3. The molecule has 2 heterocycles. The van der Waals surface area contributed by atoms with Gasteiger partial charge in [-0.05, 0) is 72.3 Å². The highest BCUT2D eigenvalue weighted by molar-refractivity contribution is 7.07. The van der Waals surface area contributed by atoms with Gasteiger partial charge in [0, 0.05) is 24.2 Å². The van der Waals surface area contributed by atoms with Gasteiger partial charge in [-0.1, -0.05) is 0 Å². The molecule has 1 atom stereocenters. The van der Waals surface area contributed by atoms with Crippen molar-refractivity contribution in [1.82, 2.24) is 10.2 Å². The number of carbonyl (C=O) groups excluding carboxylic acids is 1. The maximum absolute atomic E-state index is 13.5. The minimum atomic E-state index is 0.0545. The molecule has 2 fully saturated rings. The monoisotopic (exact) mass is 386 g/mol. The quantitative estimate of drug-likeness (QED) is 0.825. The average molecular weight is 387 g/mol. The third kappa shape index (κ3) is 3.69. The van der Waals surface area contributed by atoms with E-state index in [9.17, 15) is 4.79 Å². The van der Waals surface area contributed by atoms with Gasteiger partial charge in [0.15, 0.2) is 0 Å². The highest BCUT2D eigenvalue weighted by Crippen LogP contribution is 2.56. The number of thiophene rings is 1. The molecule has 27 heavy (non-hydrogen) atoms. The molecular weight excluding hydrogens is 360 g/mol. The summed E-state index contributed by atoms with van der Waals surface area (Å²) in [5, 5.41) is 7.64. The second-order valence-electron chi connectivity index (χ2n) is 7.50. The molecule has 1 aliphatic heterocycles. The largest absolute Gasteiger partial charge is 0.497 e. The van der Waals surface area contributed by atoms with Gasteiger partial charge in [-0.2, -0.15) is 11.3 Å². The topological polar surface area (TPSA) is 50.8 Å². The van der Waals surface area contributed by atoms with Gasteiger partial charge in [0.05, 0.1) is 14.2 Å². The zero-order chi connectivity index (χ0) is 18.9. The average Bonchev–Trinajstić information content (AvgIpc) is 3.14. The second kappa shape index (κ2) is 7.52. The number of hydrogen-bond donors (Lipinski definition) is 1. The van der Waals surface area contributed by atoms with Crippen molar-refractivity contribution in [3.63, 3.8) is 0 Å². The summed E-state index contributed by atoms with van der Waals surface area (Å²) in [7, 11) is 3.22. The number of piperidine rings is 1. The van der Waals surface area contributed by atoms with E-state index in [0.717, 1.165) is 32.4 Å². The number of ether oxygens (including phenoxy) is 2. The Labute approximate surface area is 164 Å². The first kappa shape index (κ1) is 18.3. The van der Waals surface area contributed by atoms with Gasteiger partial charge >= 0.3 is 0 Å². The molecule has 1 unspecified atom stereocenters. The molecule has 2 aromatic rings. The normalized spacial score (nSPS) is 20.3. The van der Waals surface area contributed by atoms with Gasteiger partial charge in [-0.3, -0.25) is 4.79 Å². The van der Waals surface area contributed by atoms with E-state index in [1.54, 1.807) is 31.6 Å². The van der Waals surface area contributed by atoms with Crippen LogP contribution in [-0.2, 0) is 6.54 Å². The fraction of sp³-hybridized carbons (Fsp3) is 0.476. The lowest BCUT2D eigenvalue weighted by atomic mass is 9.93. The van der Waals surface area contributed by atoms with Crippen LogP contribution >= 0.6 is 11.3 Å². The number of amides is 1. The molecule has 1 aromatic carbocycles. The van der Waals surface area contributed by atoms with Crippen LogP contribution in [0.2, 0.25) is 0 Å². The Kier molecular flexibility index (Phi) is 5.10. The summed E-state index contributed by atoms with van der Waals surface area (Å²) in [4.78, 5) is 15.6. The third-order valence-corrected chi connectivity index (χ3v) is 6.65. The number of nitrogens with one attached hydrogen (secondary N) is 1. The summed E-state index contributed by atoms with van der Waals surface area (Å²) in [6.07, 6.45) is 3.39. The Morgan fingerprint density at radius 3 is 2.52 bits per heavy atom. The molecule has 6 heteroatoms. The van der Waals surface area contributed by atoms with Gasteiger partial charge < -0.3 is 19.7 Å². The SMILES string of the molecule is COc1cc(OC)cc(C(=O)N(Cc2ccsc2)C2CC23CCNCC3)c1. The highest BCUT2D eigenvalue weighted by Gasteiger charge is 2.57. The maximum Gasteiger partial charge on any atom is 0.254 e. The first-order chi connectivity index (χ1) is 13.1. The van der Waals surface area contributed by atoms with E-state index < -0.39 is 0 Å². The fourth-order valence-corrected chi connectivity index (χ4v) is 4.89. The molecule has 1 aliphatic carbocycles. The molecule has 1 N–H and O–H groups in total. The highest BCUT2D eigenvalue weighted by atomic mass is 32.1. The smallest absolute Gasteiger partial charge is 0.254 e. The number of rotatable bonds is 6. The molecule has 5 nitrogen and oxygen atoms in total. The molecule has 1 saturated heterocycles. The number of benzene rings is 1. The molecule has 1 spiro atoms. The Balaban J connectivity index is 1.63. The van der Waals surface area contributed by atoms with Gasteiger partial charge in [-0.25, -0.2) is 0 Å². The first-order valence-electron chi connectivity index (χ1n) is 9.41. The predicted octanol–water partition coefficient (Wildman–Crippen LogP) is 3.55. The summed E-state index contributed by atoms with van der Waals surface area (Å²) >= 11 is 1.67. The molecular formula is C21H26N2O3S. The Morgan fingerprint density at radius 1 is 1.22 bits per heavy atom. The van der Waals surface area contributed by atoms with E-state index in [4.69, 9.17) is 9.47 Å². The first-order valence-corrected chi connectivity index (χ1v) is 10.4. The van der Waals surface area contributed by atoms with E-state index >= 15 is 0 Å². The number of carbonyl (C=O) groups is 1. The summed E-state index contributed by atoms with van der Waals surface area (Å²) in [6, 6.07) is 7.83. The van der Waals surface area contributed by atoms with Crippen LogP contribution in [0.5, 0.6) is 11.5 Å². The number of methoxy groups -OCH3 is 2. The minimum absolute atomic E-state index is 0.0545. The van der Waals surface area contributed by atoms with Crippen molar-refractivity contribution in [2.24, 2.45) is 5.41 Å². The van der Waals surface area contributed by atoms with Crippen LogP contribution in [0.4, 0.5) is 0 Å². The number of hydrogen-bond acceptors (Lipinski definition) is 5.